The van der Waals surface area contributed by atoms with Gasteiger partial charge < -0.3 is 20.3 Å². The van der Waals surface area contributed by atoms with Crippen LogP contribution in [0.15, 0.2) is 71.6 Å². The maximum Gasteiger partial charge on any atom is 0.341 e. The minimum absolute atomic E-state index is 0.00238. The largest absolute Gasteiger partial charge is 0.481 e. The van der Waals surface area contributed by atoms with Crippen molar-refractivity contribution in [3.05, 3.63) is 78.1 Å². The number of halogens is 1. The van der Waals surface area contributed by atoms with Crippen molar-refractivity contribution in [1.82, 2.24) is 4.31 Å². The van der Waals surface area contributed by atoms with Crippen molar-refractivity contribution in [2.75, 3.05) is 32.6 Å². The molecule has 0 atom stereocenters. The number of ether oxygens (including phenoxy) is 2. The predicted molar refractivity (Wildman–Crippen MR) is 125 cm³/mol. The van der Waals surface area contributed by atoms with Crippen molar-refractivity contribution in [1.29, 1.82) is 0 Å². The summed E-state index contributed by atoms with van der Waals surface area (Å²) in [5.41, 5.74) is 8.30. The second-order valence-electron chi connectivity index (χ2n) is 7.42. The smallest absolute Gasteiger partial charge is 0.341 e. The summed E-state index contributed by atoms with van der Waals surface area (Å²) < 4.78 is 51.6. The molecule has 0 spiro atoms. The van der Waals surface area contributed by atoms with Crippen LogP contribution >= 0.6 is 0 Å². The van der Waals surface area contributed by atoms with Crippen LogP contribution in [0.25, 0.3) is 11.1 Å². The molecule has 0 aliphatic rings. The third kappa shape index (κ3) is 6.31. The summed E-state index contributed by atoms with van der Waals surface area (Å²) in [4.78, 5) is 11.0. The van der Waals surface area contributed by atoms with Crippen LogP contribution in [-0.2, 0) is 26.1 Å². The lowest BCUT2D eigenvalue weighted by Crippen LogP contribution is -2.33. The molecular formula is C24H25FN2O6S. The van der Waals surface area contributed by atoms with Crippen LogP contribution in [0.5, 0.6) is 5.75 Å². The Labute approximate surface area is 197 Å². The van der Waals surface area contributed by atoms with Gasteiger partial charge in [0, 0.05) is 31.5 Å². The van der Waals surface area contributed by atoms with E-state index in [2.05, 4.69) is 0 Å². The van der Waals surface area contributed by atoms with Crippen molar-refractivity contribution in [2.45, 2.75) is 11.4 Å². The SMILES string of the molecule is COCCN(Cc1ccc(OCC(=O)O)c(-c2cccc(N)c2)c1)S(=O)(=O)c1ccc(F)cc1. The van der Waals surface area contributed by atoms with E-state index < -0.39 is 28.4 Å². The van der Waals surface area contributed by atoms with E-state index in [1.165, 1.54) is 23.5 Å². The molecule has 0 aromatic heterocycles. The third-order valence-corrected chi connectivity index (χ3v) is 6.81. The molecule has 0 fully saturated rings. The lowest BCUT2D eigenvalue weighted by atomic mass is 10.0. The number of nitrogens with two attached hydrogens (primary N) is 1. The van der Waals surface area contributed by atoms with E-state index in [4.69, 9.17) is 20.3 Å². The lowest BCUT2D eigenvalue weighted by molar-refractivity contribution is -0.139. The lowest BCUT2D eigenvalue weighted by Gasteiger charge is -2.23. The fourth-order valence-electron chi connectivity index (χ4n) is 3.31. The van der Waals surface area contributed by atoms with Gasteiger partial charge in [-0.3, -0.25) is 0 Å². The molecule has 0 aliphatic carbocycles. The quantitative estimate of drug-likeness (QED) is 0.397. The van der Waals surface area contributed by atoms with E-state index in [0.717, 1.165) is 12.1 Å². The van der Waals surface area contributed by atoms with Crippen molar-refractivity contribution < 1.29 is 32.2 Å². The van der Waals surface area contributed by atoms with Gasteiger partial charge in [0.2, 0.25) is 10.0 Å². The standard InChI is InChI=1S/C24H25FN2O6S/c1-32-12-11-27(34(30,31)21-8-6-19(25)7-9-21)15-17-5-10-23(33-16-24(28)29)22(13-17)18-3-2-4-20(26)14-18/h2-10,13-14H,11-12,15-16,26H2,1H3,(H,28,29). The molecule has 0 unspecified atom stereocenters. The summed E-state index contributed by atoms with van der Waals surface area (Å²) in [7, 11) is -2.48. The molecule has 3 aromatic rings. The molecule has 0 heterocycles. The Kier molecular flexibility index (Phi) is 8.21. The van der Waals surface area contributed by atoms with Gasteiger partial charge in [-0.2, -0.15) is 4.31 Å². The summed E-state index contributed by atoms with van der Waals surface area (Å²) in [6.45, 7) is -0.311. The first-order valence-corrected chi connectivity index (χ1v) is 11.7. The molecule has 0 saturated carbocycles. The molecular weight excluding hydrogens is 463 g/mol. The number of rotatable bonds is 11. The summed E-state index contributed by atoms with van der Waals surface area (Å²) >= 11 is 0. The minimum atomic E-state index is -3.95. The van der Waals surface area contributed by atoms with Gasteiger partial charge in [-0.05, 0) is 59.7 Å². The maximum absolute atomic E-state index is 13.3. The molecule has 180 valence electrons. The third-order valence-electron chi connectivity index (χ3n) is 4.95. The second kappa shape index (κ2) is 11.1. The molecule has 10 heteroatoms. The Morgan fingerprint density at radius 1 is 1.09 bits per heavy atom. The highest BCUT2D eigenvalue weighted by atomic mass is 32.2. The van der Waals surface area contributed by atoms with Gasteiger partial charge >= 0.3 is 5.97 Å². The van der Waals surface area contributed by atoms with Crippen molar-refractivity contribution in [3.63, 3.8) is 0 Å². The van der Waals surface area contributed by atoms with Crippen LogP contribution in [0.2, 0.25) is 0 Å². The number of carboxylic acids is 1. The molecule has 0 bridgehead atoms. The number of benzene rings is 3. The highest BCUT2D eigenvalue weighted by molar-refractivity contribution is 7.89. The fourth-order valence-corrected chi connectivity index (χ4v) is 4.72. The molecule has 34 heavy (non-hydrogen) atoms. The Morgan fingerprint density at radius 3 is 2.47 bits per heavy atom. The molecule has 3 aromatic carbocycles. The van der Waals surface area contributed by atoms with Gasteiger partial charge in [-0.15, -0.1) is 0 Å². The van der Waals surface area contributed by atoms with Gasteiger partial charge in [0.15, 0.2) is 6.61 Å². The zero-order chi connectivity index (χ0) is 24.7. The Balaban J connectivity index is 1.99. The summed E-state index contributed by atoms with van der Waals surface area (Å²) in [6, 6.07) is 16.6. The number of methoxy groups -OCH3 is 1. The van der Waals surface area contributed by atoms with E-state index in [0.29, 0.717) is 28.1 Å². The van der Waals surface area contributed by atoms with Crippen LogP contribution in [-0.4, -0.2) is 50.7 Å². The molecule has 3 N–H and O–H groups in total. The van der Waals surface area contributed by atoms with Crippen molar-refractivity contribution >= 4 is 21.7 Å². The Hall–Kier alpha value is -3.47. The minimum Gasteiger partial charge on any atom is -0.481 e. The zero-order valence-corrected chi connectivity index (χ0v) is 19.3. The van der Waals surface area contributed by atoms with Crippen LogP contribution in [0.3, 0.4) is 0 Å². The second-order valence-corrected chi connectivity index (χ2v) is 9.36. The summed E-state index contributed by atoms with van der Waals surface area (Å²) in [5, 5.41) is 9.00. The van der Waals surface area contributed by atoms with E-state index >= 15 is 0 Å². The van der Waals surface area contributed by atoms with E-state index in [1.807, 2.05) is 0 Å². The van der Waals surface area contributed by atoms with E-state index in [-0.39, 0.29) is 24.6 Å². The highest BCUT2D eigenvalue weighted by Gasteiger charge is 2.25. The monoisotopic (exact) mass is 488 g/mol. The van der Waals surface area contributed by atoms with E-state index in [9.17, 15) is 17.6 Å². The number of anilines is 1. The average Bonchev–Trinajstić information content (AvgIpc) is 2.80. The number of nitrogens with zero attached hydrogens (tertiary/aromatic N) is 1. The zero-order valence-electron chi connectivity index (χ0n) is 18.5. The first kappa shape index (κ1) is 25.2. The van der Waals surface area contributed by atoms with Crippen LogP contribution in [0.4, 0.5) is 10.1 Å². The Bertz CT molecular complexity index is 1250. The van der Waals surface area contributed by atoms with Gasteiger partial charge in [-0.1, -0.05) is 18.2 Å². The number of aliphatic carboxylic acids is 1. The number of hydrogen-bond donors (Lipinski definition) is 2. The fraction of sp³-hybridized carbons (Fsp3) is 0.208. The molecule has 3 rings (SSSR count). The van der Waals surface area contributed by atoms with Crippen molar-refractivity contribution in [3.8, 4) is 16.9 Å². The van der Waals surface area contributed by atoms with Gasteiger partial charge in [-0.25, -0.2) is 17.6 Å². The van der Waals surface area contributed by atoms with Crippen LogP contribution < -0.4 is 10.5 Å². The van der Waals surface area contributed by atoms with Crippen LogP contribution in [0.1, 0.15) is 5.56 Å². The van der Waals surface area contributed by atoms with Gasteiger partial charge in [0.1, 0.15) is 11.6 Å². The number of sulfonamides is 1. The van der Waals surface area contributed by atoms with Gasteiger partial charge in [0.05, 0.1) is 11.5 Å². The number of nitrogen functional groups attached to an aromatic ring is 1. The average molecular weight is 489 g/mol. The van der Waals surface area contributed by atoms with E-state index in [1.54, 1.807) is 42.5 Å². The highest BCUT2D eigenvalue weighted by Crippen LogP contribution is 2.33. The molecule has 8 nitrogen and oxygen atoms in total. The number of hydrogen-bond acceptors (Lipinski definition) is 6. The first-order valence-electron chi connectivity index (χ1n) is 10.3. The normalized spacial score (nSPS) is 11.5. The number of carboxylic acid groups (broad SMARTS) is 1. The maximum atomic E-state index is 13.3. The summed E-state index contributed by atoms with van der Waals surface area (Å²) in [6.07, 6.45) is 0. The van der Waals surface area contributed by atoms with Crippen molar-refractivity contribution in [2.24, 2.45) is 0 Å². The summed E-state index contributed by atoms with van der Waals surface area (Å²) in [5.74, 6) is -1.34. The Morgan fingerprint density at radius 2 is 1.82 bits per heavy atom. The molecule has 0 radical (unpaired) electrons. The first-order chi connectivity index (χ1) is 16.2. The topological polar surface area (TPSA) is 119 Å². The molecule has 0 aliphatic heterocycles. The van der Waals surface area contributed by atoms with Gasteiger partial charge in [0.25, 0.3) is 0 Å². The molecule has 0 amide bonds. The van der Waals surface area contributed by atoms with Crippen LogP contribution in [0, 0.1) is 5.82 Å². The number of carbonyl (C=O) groups is 1. The molecule has 0 saturated heterocycles. The predicted octanol–water partition coefficient (Wildman–Crippen LogP) is 3.38.